The molecule has 0 atom stereocenters. The van der Waals surface area contributed by atoms with E-state index in [9.17, 15) is 4.79 Å². The number of H-pyrrole nitrogens is 1. The number of carbonyl (C=O) groups excluding carboxylic acids is 1. The second kappa shape index (κ2) is 3.86. The minimum Gasteiger partial charge on any atom is -0.464 e. The van der Waals surface area contributed by atoms with Crippen LogP contribution in [0.3, 0.4) is 0 Å². The van der Waals surface area contributed by atoms with E-state index >= 15 is 0 Å². The predicted molar refractivity (Wildman–Crippen MR) is 58.0 cm³/mol. The molecule has 5 heteroatoms. The lowest BCUT2D eigenvalue weighted by atomic mass is 10.3. The van der Waals surface area contributed by atoms with Crippen LogP contribution in [0.2, 0.25) is 0 Å². The first-order valence-electron chi connectivity index (χ1n) is 4.41. The van der Waals surface area contributed by atoms with Crippen molar-refractivity contribution in [2.24, 2.45) is 0 Å². The fourth-order valence-corrected chi connectivity index (χ4v) is 1.96. The molecule has 1 N–H and O–H groups in total. The molecule has 0 saturated heterocycles. The van der Waals surface area contributed by atoms with E-state index in [1.807, 2.05) is 17.5 Å². The van der Waals surface area contributed by atoms with Crippen molar-refractivity contribution >= 4 is 17.3 Å². The Morgan fingerprint density at radius 3 is 3.00 bits per heavy atom. The van der Waals surface area contributed by atoms with E-state index < -0.39 is 5.97 Å². The standard InChI is InChI=1S/C10H10N2O2S/c1-6-8(10(13)14-2)12-9(11-6)7-4-3-5-15-7/h3-5H,1-2H3,(H,11,12). The molecular weight excluding hydrogens is 212 g/mol. The van der Waals surface area contributed by atoms with Crippen LogP contribution in [0.1, 0.15) is 16.2 Å². The van der Waals surface area contributed by atoms with Gasteiger partial charge in [0.15, 0.2) is 5.69 Å². The molecule has 0 aromatic carbocycles. The van der Waals surface area contributed by atoms with Crippen LogP contribution in [0.5, 0.6) is 0 Å². The highest BCUT2D eigenvalue weighted by Crippen LogP contribution is 2.22. The average Bonchev–Trinajstić information content (AvgIpc) is 2.84. The Kier molecular flexibility index (Phi) is 2.55. The molecule has 0 fully saturated rings. The van der Waals surface area contributed by atoms with Gasteiger partial charge in [-0.1, -0.05) is 6.07 Å². The zero-order chi connectivity index (χ0) is 10.8. The van der Waals surface area contributed by atoms with Gasteiger partial charge >= 0.3 is 5.97 Å². The number of nitrogens with one attached hydrogen (secondary N) is 1. The van der Waals surface area contributed by atoms with Crippen molar-refractivity contribution in [1.29, 1.82) is 0 Å². The van der Waals surface area contributed by atoms with Crippen LogP contribution in [0, 0.1) is 6.92 Å². The summed E-state index contributed by atoms with van der Waals surface area (Å²) < 4.78 is 4.63. The first-order valence-corrected chi connectivity index (χ1v) is 5.29. The highest BCUT2D eigenvalue weighted by Gasteiger charge is 2.15. The van der Waals surface area contributed by atoms with Gasteiger partial charge in [-0.15, -0.1) is 11.3 Å². The van der Waals surface area contributed by atoms with Crippen LogP contribution >= 0.6 is 11.3 Å². The lowest BCUT2D eigenvalue weighted by Crippen LogP contribution is -2.03. The Morgan fingerprint density at radius 1 is 1.60 bits per heavy atom. The maximum atomic E-state index is 11.3. The third kappa shape index (κ3) is 1.78. The van der Waals surface area contributed by atoms with Crippen LogP contribution < -0.4 is 0 Å². The second-order valence-corrected chi connectivity index (χ2v) is 3.98. The summed E-state index contributed by atoms with van der Waals surface area (Å²) in [5.74, 6) is 0.300. The van der Waals surface area contributed by atoms with Gasteiger partial charge in [-0.3, -0.25) is 0 Å². The van der Waals surface area contributed by atoms with Crippen molar-refractivity contribution in [3.05, 3.63) is 28.9 Å². The van der Waals surface area contributed by atoms with Crippen LogP contribution in [-0.4, -0.2) is 23.0 Å². The molecule has 0 aliphatic rings. The normalized spacial score (nSPS) is 10.3. The SMILES string of the molecule is COC(=O)c1nc(-c2cccs2)[nH]c1C. The smallest absolute Gasteiger partial charge is 0.358 e. The van der Waals surface area contributed by atoms with E-state index in [0.717, 1.165) is 10.6 Å². The highest BCUT2D eigenvalue weighted by atomic mass is 32.1. The summed E-state index contributed by atoms with van der Waals surface area (Å²) in [7, 11) is 1.35. The van der Waals surface area contributed by atoms with Gasteiger partial charge in [0.1, 0.15) is 5.82 Å². The summed E-state index contributed by atoms with van der Waals surface area (Å²) >= 11 is 1.57. The minimum absolute atomic E-state index is 0.348. The molecule has 4 nitrogen and oxygen atoms in total. The van der Waals surface area contributed by atoms with Crippen LogP contribution in [0.4, 0.5) is 0 Å². The van der Waals surface area contributed by atoms with Gasteiger partial charge in [0.2, 0.25) is 0 Å². The average molecular weight is 222 g/mol. The molecule has 2 rings (SSSR count). The van der Waals surface area contributed by atoms with Gasteiger partial charge in [0, 0.05) is 5.69 Å². The van der Waals surface area contributed by atoms with E-state index in [1.54, 1.807) is 18.3 Å². The zero-order valence-electron chi connectivity index (χ0n) is 8.40. The molecule has 0 bridgehead atoms. The quantitative estimate of drug-likeness (QED) is 0.793. The van der Waals surface area contributed by atoms with Crippen molar-refractivity contribution in [3.63, 3.8) is 0 Å². The summed E-state index contributed by atoms with van der Waals surface area (Å²) in [6.07, 6.45) is 0. The second-order valence-electron chi connectivity index (χ2n) is 3.03. The topological polar surface area (TPSA) is 55.0 Å². The fraction of sp³-hybridized carbons (Fsp3) is 0.200. The Hall–Kier alpha value is -1.62. The lowest BCUT2D eigenvalue weighted by Gasteiger charge is -1.93. The number of thiophene rings is 1. The first kappa shape index (κ1) is 9.92. The molecule has 0 aliphatic heterocycles. The van der Waals surface area contributed by atoms with Gasteiger partial charge < -0.3 is 9.72 Å². The van der Waals surface area contributed by atoms with Crippen molar-refractivity contribution in [2.45, 2.75) is 6.92 Å². The number of rotatable bonds is 2. The molecule has 0 amide bonds. The van der Waals surface area contributed by atoms with E-state index in [1.165, 1.54) is 7.11 Å². The summed E-state index contributed by atoms with van der Waals surface area (Å²) in [6, 6.07) is 3.89. The van der Waals surface area contributed by atoms with Gasteiger partial charge in [0.25, 0.3) is 0 Å². The molecule has 2 aromatic heterocycles. The number of nitrogens with zero attached hydrogens (tertiary/aromatic N) is 1. The largest absolute Gasteiger partial charge is 0.464 e. The zero-order valence-corrected chi connectivity index (χ0v) is 9.22. The van der Waals surface area contributed by atoms with E-state index in [0.29, 0.717) is 11.5 Å². The van der Waals surface area contributed by atoms with Crippen LogP contribution in [0.15, 0.2) is 17.5 Å². The number of imidazole rings is 1. The molecule has 0 saturated carbocycles. The van der Waals surface area contributed by atoms with E-state index in [-0.39, 0.29) is 0 Å². The number of hydrogen-bond donors (Lipinski definition) is 1. The Morgan fingerprint density at radius 2 is 2.40 bits per heavy atom. The number of ether oxygens (including phenoxy) is 1. The van der Waals surface area contributed by atoms with E-state index in [4.69, 9.17) is 0 Å². The minimum atomic E-state index is -0.411. The molecule has 0 spiro atoms. The third-order valence-corrected chi connectivity index (χ3v) is 2.89. The monoisotopic (exact) mass is 222 g/mol. The van der Waals surface area contributed by atoms with Crippen molar-refractivity contribution in [3.8, 4) is 10.7 Å². The van der Waals surface area contributed by atoms with Gasteiger partial charge in [-0.05, 0) is 18.4 Å². The summed E-state index contributed by atoms with van der Waals surface area (Å²) in [4.78, 5) is 19.6. The first-order chi connectivity index (χ1) is 7.22. The van der Waals surface area contributed by atoms with Gasteiger partial charge in [-0.25, -0.2) is 9.78 Å². The number of aromatic amines is 1. The number of aromatic nitrogens is 2. The Labute approximate surface area is 90.9 Å². The lowest BCUT2D eigenvalue weighted by molar-refractivity contribution is 0.0594. The number of aryl methyl sites for hydroxylation is 1. The molecule has 78 valence electrons. The fourth-order valence-electron chi connectivity index (χ4n) is 1.29. The summed E-state index contributed by atoms with van der Waals surface area (Å²) in [6.45, 7) is 1.80. The number of carbonyl (C=O) groups is 1. The summed E-state index contributed by atoms with van der Waals surface area (Å²) in [5.41, 5.74) is 1.08. The van der Waals surface area contributed by atoms with Crippen molar-refractivity contribution in [1.82, 2.24) is 9.97 Å². The number of hydrogen-bond acceptors (Lipinski definition) is 4. The number of esters is 1. The predicted octanol–water partition coefficient (Wildman–Crippen LogP) is 2.23. The highest BCUT2D eigenvalue weighted by molar-refractivity contribution is 7.13. The molecule has 0 unspecified atom stereocenters. The van der Waals surface area contributed by atoms with Crippen molar-refractivity contribution < 1.29 is 9.53 Å². The third-order valence-electron chi connectivity index (χ3n) is 2.02. The van der Waals surface area contributed by atoms with Crippen LogP contribution in [0.25, 0.3) is 10.7 Å². The van der Waals surface area contributed by atoms with Gasteiger partial charge in [0.05, 0.1) is 12.0 Å². The Bertz CT molecular complexity index is 474. The van der Waals surface area contributed by atoms with Crippen LogP contribution in [-0.2, 0) is 4.74 Å². The molecular formula is C10H10N2O2S. The number of methoxy groups -OCH3 is 1. The molecule has 0 radical (unpaired) electrons. The molecule has 15 heavy (non-hydrogen) atoms. The van der Waals surface area contributed by atoms with E-state index in [2.05, 4.69) is 14.7 Å². The molecule has 2 aromatic rings. The molecule has 2 heterocycles. The van der Waals surface area contributed by atoms with Crippen molar-refractivity contribution in [2.75, 3.05) is 7.11 Å². The van der Waals surface area contributed by atoms with Gasteiger partial charge in [-0.2, -0.15) is 0 Å². The molecule has 0 aliphatic carbocycles. The maximum absolute atomic E-state index is 11.3. The Balaban J connectivity index is 2.41. The summed E-state index contributed by atoms with van der Waals surface area (Å²) in [5, 5.41) is 1.96. The maximum Gasteiger partial charge on any atom is 0.358 e.